The van der Waals surface area contributed by atoms with E-state index in [2.05, 4.69) is 28.2 Å². The summed E-state index contributed by atoms with van der Waals surface area (Å²) in [6.07, 6.45) is 6.25. The van der Waals surface area contributed by atoms with Crippen molar-refractivity contribution in [1.29, 1.82) is 0 Å². The number of hydrogen-bond donors (Lipinski definition) is 2. The molecule has 0 spiro atoms. The van der Waals surface area contributed by atoms with Crippen LogP contribution in [-0.2, 0) is 11.3 Å². The Hall–Kier alpha value is -1.62. The third-order valence-electron chi connectivity index (χ3n) is 4.58. The standard InChI is InChI=1S/C16H24N4O/c1-11-4-5-13(15(17)21)10-20(11)16-12(3-2-8-18-16)9-19-14-6-7-14/h2-3,8,11,13-14,19H,4-7,9-10H2,1H3,(H2,17,21). The highest BCUT2D eigenvalue weighted by atomic mass is 16.1. The Kier molecular flexibility index (Phi) is 4.10. The second-order valence-corrected chi connectivity index (χ2v) is 6.32. The summed E-state index contributed by atoms with van der Waals surface area (Å²) in [6, 6.07) is 5.18. The van der Waals surface area contributed by atoms with Gasteiger partial charge < -0.3 is 16.0 Å². The van der Waals surface area contributed by atoms with Crippen molar-refractivity contribution in [3.05, 3.63) is 23.9 Å². The number of piperidine rings is 1. The smallest absolute Gasteiger partial charge is 0.222 e. The summed E-state index contributed by atoms with van der Waals surface area (Å²) in [5.74, 6) is 0.747. The molecule has 2 atom stereocenters. The molecular formula is C16H24N4O. The zero-order chi connectivity index (χ0) is 14.8. The van der Waals surface area contributed by atoms with E-state index in [0.717, 1.165) is 25.2 Å². The van der Waals surface area contributed by atoms with Crippen molar-refractivity contribution < 1.29 is 4.79 Å². The van der Waals surface area contributed by atoms with Crippen LogP contribution in [0.25, 0.3) is 0 Å². The lowest BCUT2D eigenvalue weighted by molar-refractivity contribution is -0.122. The summed E-state index contributed by atoms with van der Waals surface area (Å²) >= 11 is 0. The van der Waals surface area contributed by atoms with Gasteiger partial charge in [-0.25, -0.2) is 4.98 Å². The number of nitrogens with two attached hydrogens (primary N) is 1. The molecule has 5 nitrogen and oxygen atoms in total. The van der Waals surface area contributed by atoms with Crippen molar-refractivity contribution >= 4 is 11.7 Å². The number of rotatable bonds is 5. The maximum atomic E-state index is 11.5. The average molecular weight is 288 g/mol. The summed E-state index contributed by atoms with van der Waals surface area (Å²) in [6.45, 7) is 3.73. The van der Waals surface area contributed by atoms with E-state index >= 15 is 0 Å². The van der Waals surface area contributed by atoms with E-state index in [-0.39, 0.29) is 11.8 Å². The predicted octanol–water partition coefficient (Wildman–Crippen LogP) is 1.42. The number of nitrogens with one attached hydrogen (secondary N) is 1. The number of carbonyl (C=O) groups excluding carboxylic acids is 1. The highest BCUT2D eigenvalue weighted by Gasteiger charge is 2.30. The van der Waals surface area contributed by atoms with Crippen molar-refractivity contribution in [2.75, 3.05) is 11.4 Å². The summed E-state index contributed by atoms with van der Waals surface area (Å²) in [5, 5.41) is 3.54. The molecule has 0 bridgehead atoms. The van der Waals surface area contributed by atoms with Gasteiger partial charge in [-0.15, -0.1) is 0 Å². The van der Waals surface area contributed by atoms with Crippen LogP contribution in [-0.4, -0.2) is 29.5 Å². The summed E-state index contributed by atoms with van der Waals surface area (Å²) in [4.78, 5) is 18.3. The Bertz CT molecular complexity index is 515. The summed E-state index contributed by atoms with van der Waals surface area (Å²) in [7, 11) is 0. The number of aromatic nitrogens is 1. The minimum absolute atomic E-state index is 0.0625. The number of primary amides is 1. The first-order valence-electron chi connectivity index (χ1n) is 7.88. The first-order chi connectivity index (χ1) is 10.1. The fourth-order valence-electron chi connectivity index (χ4n) is 3.00. The van der Waals surface area contributed by atoms with Gasteiger partial charge >= 0.3 is 0 Å². The van der Waals surface area contributed by atoms with E-state index in [1.54, 1.807) is 0 Å². The molecule has 2 aliphatic rings. The van der Waals surface area contributed by atoms with Crippen LogP contribution in [0.5, 0.6) is 0 Å². The molecule has 2 unspecified atom stereocenters. The normalized spacial score (nSPS) is 25.9. The van der Waals surface area contributed by atoms with Gasteiger partial charge in [0.1, 0.15) is 5.82 Å². The van der Waals surface area contributed by atoms with Gasteiger partial charge in [-0.2, -0.15) is 0 Å². The molecular weight excluding hydrogens is 264 g/mol. The van der Waals surface area contributed by atoms with Crippen LogP contribution in [0.4, 0.5) is 5.82 Å². The first kappa shape index (κ1) is 14.3. The second-order valence-electron chi connectivity index (χ2n) is 6.32. The SMILES string of the molecule is CC1CCC(C(N)=O)CN1c1ncccc1CNC1CC1. The van der Waals surface area contributed by atoms with Gasteiger partial charge in [0.2, 0.25) is 5.91 Å². The molecule has 2 heterocycles. The molecule has 1 aromatic rings. The van der Waals surface area contributed by atoms with E-state index < -0.39 is 0 Å². The highest BCUT2D eigenvalue weighted by molar-refractivity contribution is 5.77. The summed E-state index contributed by atoms with van der Waals surface area (Å²) in [5.41, 5.74) is 6.71. The highest BCUT2D eigenvalue weighted by Crippen LogP contribution is 2.29. The Morgan fingerprint density at radius 2 is 2.24 bits per heavy atom. The second kappa shape index (κ2) is 6.02. The monoisotopic (exact) mass is 288 g/mol. The van der Waals surface area contributed by atoms with Crippen LogP contribution in [0.2, 0.25) is 0 Å². The molecule has 1 amide bonds. The van der Waals surface area contributed by atoms with E-state index in [1.807, 2.05) is 12.3 Å². The molecule has 0 radical (unpaired) electrons. The first-order valence-corrected chi connectivity index (χ1v) is 7.88. The fraction of sp³-hybridized carbons (Fsp3) is 0.625. The molecule has 1 aromatic heterocycles. The lowest BCUT2D eigenvalue weighted by atomic mass is 9.92. The maximum Gasteiger partial charge on any atom is 0.222 e. The molecule has 21 heavy (non-hydrogen) atoms. The van der Waals surface area contributed by atoms with Gasteiger partial charge in [0.05, 0.1) is 5.92 Å². The van der Waals surface area contributed by atoms with Crippen molar-refractivity contribution in [3.63, 3.8) is 0 Å². The number of hydrogen-bond acceptors (Lipinski definition) is 4. The Labute approximate surface area is 125 Å². The van der Waals surface area contributed by atoms with Crippen molar-refractivity contribution in [2.24, 2.45) is 11.7 Å². The quantitative estimate of drug-likeness (QED) is 0.859. The largest absolute Gasteiger partial charge is 0.369 e. The van der Waals surface area contributed by atoms with Crippen molar-refractivity contribution in [1.82, 2.24) is 10.3 Å². The lowest BCUT2D eigenvalue weighted by Gasteiger charge is -2.38. The number of amides is 1. The van der Waals surface area contributed by atoms with Crippen LogP contribution in [0.15, 0.2) is 18.3 Å². The zero-order valence-electron chi connectivity index (χ0n) is 12.6. The van der Waals surface area contributed by atoms with Gasteiger partial charge in [0.25, 0.3) is 0 Å². The van der Waals surface area contributed by atoms with Crippen LogP contribution >= 0.6 is 0 Å². The fourth-order valence-corrected chi connectivity index (χ4v) is 3.00. The molecule has 1 saturated carbocycles. The van der Waals surface area contributed by atoms with Gasteiger partial charge in [-0.1, -0.05) is 6.07 Å². The Morgan fingerprint density at radius 3 is 2.95 bits per heavy atom. The van der Waals surface area contributed by atoms with Crippen LogP contribution in [0.3, 0.4) is 0 Å². The van der Waals surface area contributed by atoms with Crippen molar-refractivity contribution in [2.45, 2.75) is 51.2 Å². The Balaban J connectivity index is 1.78. The van der Waals surface area contributed by atoms with Gasteiger partial charge in [0, 0.05) is 36.9 Å². The Morgan fingerprint density at radius 1 is 1.43 bits per heavy atom. The van der Waals surface area contributed by atoms with Crippen LogP contribution in [0, 0.1) is 5.92 Å². The number of pyridine rings is 1. The van der Waals surface area contributed by atoms with Crippen molar-refractivity contribution in [3.8, 4) is 0 Å². The van der Waals surface area contributed by atoms with E-state index in [0.29, 0.717) is 18.6 Å². The molecule has 3 N–H and O–H groups in total. The molecule has 1 aliphatic carbocycles. The molecule has 114 valence electrons. The predicted molar refractivity (Wildman–Crippen MR) is 82.8 cm³/mol. The average Bonchev–Trinajstić information content (AvgIpc) is 3.30. The number of nitrogens with zero attached hydrogens (tertiary/aromatic N) is 2. The topological polar surface area (TPSA) is 71.2 Å². The maximum absolute atomic E-state index is 11.5. The number of carbonyl (C=O) groups is 1. The van der Waals surface area contributed by atoms with E-state index in [9.17, 15) is 4.79 Å². The van der Waals surface area contributed by atoms with Crippen LogP contribution < -0.4 is 16.0 Å². The summed E-state index contributed by atoms with van der Waals surface area (Å²) < 4.78 is 0. The van der Waals surface area contributed by atoms with Crippen LogP contribution in [0.1, 0.15) is 38.2 Å². The minimum atomic E-state index is -0.194. The van der Waals surface area contributed by atoms with E-state index in [4.69, 9.17) is 5.73 Å². The van der Waals surface area contributed by atoms with Gasteiger partial charge in [0.15, 0.2) is 0 Å². The zero-order valence-corrected chi connectivity index (χ0v) is 12.6. The third kappa shape index (κ3) is 3.35. The van der Waals surface area contributed by atoms with Gasteiger partial charge in [-0.3, -0.25) is 4.79 Å². The molecule has 1 saturated heterocycles. The third-order valence-corrected chi connectivity index (χ3v) is 4.58. The molecule has 0 aromatic carbocycles. The van der Waals surface area contributed by atoms with Gasteiger partial charge in [-0.05, 0) is 38.7 Å². The molecule has 3 rings (SSSR count). The molecule has 2 fully saturated rings. The molecule has 1 aliphatic heterocycles. The van der Waals surface area contributed by atoms with E-state index in [1.165, 1.54) is 18.4 Å². The minimum Gasteiger partial charge on any atom is -0.369 e. The number of anilines is 1. The molecule has 5 heteroatoms. The lowest BCUT2D eigenvalue weighted by Crippen LogP contribution is -2.46.